The fraction of sp³-hybridized carbons (Fsp3) is 0.636. The van der Waals surface area contributed by atoms with Gasteiger partial charge in [-0.25, -0.2) is 8.42 Å². The zero-order chi connectivity index (χ0) is 14.8. The van der Waals surface area contributed by atoms with Gasteiger partial charge in [0.05, 0.1) is 40.4 Å². The highest BCUT2D eigenvalue weighted by Crippen LogP contribution is 2.23. The normalized spacial score (nSPS) is 13.3. The lowest BCUT2D eigenvalue weighted by Gasteiger charge is -2.10. The largest absolute Gasteiger partial charge is 0.469 e. The third kappa shape index (κ3) is 4.04. The summed E-state index contributed by atoms with van der Waals surface area (Å²) < 4.78 is 30.9. The summed E-state index contributed by atoms with van der Waals surface area (Å²) in [7, 11) is -0.483. The van der Waals surface area contributed by atoms with Crippen LogP contribution in [0.1, 0.15) is 18.3 Å². The van der Waals surface area contributed by atoms with Crippen LogP contribution in [0.15, 0.2) is 4.47 Å². The number of halogens is 1. The molecule has 108 valence electrons. The van der Waals surface area contributed by atoms with Crippen molar-refractivity contribution < 1.29 is 17.9 Å². The molecule has 0 saturated carbocycles. The zero-order valence-electron chi connectivity index (χ0n) is 11.3. The van der Waals surface area contributed by atoms with Crippen LogP contribution < -0.4 is 0 Å². The van der Waals surface area contributed by atoms with E-state index in [1.54, 1.807) is 14.0 Å². The van der Waals surface area contributed by atoms with Crippen molar-refractivity contribution in [3.05, 3.63) is 15.9 Å². The van der Waals surface area contributed by atoms with Crippen molar-refractivity contribution in [3.8, 4) is 0 Å². The van der Waals surface area contributed by atoms with Gasteiger partial charge in [-0.3, -0.25) is 9.48 Å². The summed E-state index contributed by atoms with van der Waals surface area (Å²) in [6.07, 6.45) is 0. The third-order valence-electron chi connectivity index (χ3n) is 2.73. The van der Waals surface area contributed by atoms with Gasteiger partial charge in [0.25, 0.3) is 0 Å². The first kappa shape index (κ1) is 16.2. The van der Waals surface area contributed by atoms with Gasteiger partial charge >= 0.3 is 5.97 Å². The second-order valence-corrected chi connectivity index (χ2v) is 7.35. The Morgan fingerprint density at radius 1 is 1.53 bits per heavy atom. The van der Waals surface area contributed by atoms with Crippen molar-refractivity contribution in [2.75, 3.05) is 12.9 Å². The Morgan fingerprint density at radius 3 is 2.53 bits per heavy atom. The number of ether oxygens (including phenoxy) is 1. The molecule has 0 aromatic carbocycles. The maximum absolute atomic E-state index is 12.1. The van der Waals surface area contributed by atoms with Gasteiger partial charge in [-0.05, 0) is 22.9 Å². The van der Waals surface area contributed by atoms with E-state index in [0.717, 1.165) is 5.69 Å². The number of carbonyl (C=O) groups is 1. The summed E-state index contributed by atoms with van der Waals surface area (Å²) in [6.45, 7) is 3.32. The molecule has 6 nitrogen and oxygen atoms in total. The van der Waals surface area contributed by atoms with E-state index >= 15 is 0 Å². The van der Waals surface area contributed by atoms with Crippen molar-refractivity contribution in [1.29, 1.82) is 0 Å². The van der Waals surface area contributed by atoms with Crippen LogP contribution in [-0.2, 0) is 32.2 Å². The molecule has 8 heteroatoms. The van der Waals surface area contributed by atoms with E-state index in [2.05, 4.69) is 25.8 Å². The van der Waals surface area contributed by atoms with Gasteiger partial charge in [-0.2, -0.15) is 5.10 Å². The predicted octanol–water partition coefficient (Wildman–Crippen LogP) is 1.21. The topological polar surface area (TPSA) is 78.3 Å². The number of carbonyl (C=O) groups excluding carboxylic acids is 1. The lowest BCUT2D eigenvalue weighted by Crippen LogP contribution is -2.24. The molecule has 1 unspecified atom stereocenters. The number of aromatic nitrogens is 2. The van der Waals surface area contributed by atoms with Crippen LogP contribution in [0.5, 0.6) is 0 Å². The lowest BCUT2D eigenvalue weighted by molar-refractivity contribution is -0.144. The van der Waals surface area contributed by atoms with E-state index in [9.17, 15) is 13.2 Å². The molecule has 1 heterocycles. The molecule has 0 aliphatic carbocycles. The number of esters is 1. The van der Waals surface area contributed by atoms with Crippen LogP contribution in [-0.4, -0.2) is 37.0 Å². The molecule has 1 rings (SSSR count). The van der Waals surface area contributed by atoms with Gasteiger partial charge in [-0.15, -0.1) is 0 Å². The summed E-state index contributed by atoms with van der Waals surface area (Å²) in [5.74, 6) is -1.60. The second kappa shape index (κ2) is 6.04. The average Bonchev–Trinajstić information content (AvgIpc) is 2.54. The summed E-state index contributed by atoms with van der Waals surface area (Å²) in [6, 6.07) is 0. The number of aryl methyl sites for hydroxylation is 2. The highest BCUT2D eigenvalue weighted by Gasteiger charge is 2.25. The van der Waals surface area contributed by atoms with E-state index in [4.69, 9.17) is 0 Å². The maximum Gasteiger partial charge on any atom is 0.309 e. The SMILES string of the molecule is COC(=O)C(C)CS(=O)(=O)Cc1c(Br)c(C)nn1C. The van der Waals surface area contributed by atoms with Crippen LogP contribution in [0, 0.1) is 12.8 Å². The Bertz CT molecular complexity index is 580. The van der Waals surface area contributed by atoms with E-state index in [1.807, 2.05) is 0 Å². The van der Waals surface area contributed by atoms with Gasteiger partial charge in [0.1, 0.15) is 0 Å². The Morgan fingerprint density at radius 2 is 2.11 bits per heavy atom. The average molecular weight is 353 g/mol. The molecule has 0 radical (unpaired) electrons. The van der Waals surface area contributed by atoms with Gasteiger partial charge in [0.2, 0.25) is 0 Å². The molecule has 0 saturated heterocycles. The van der Waals surface area contributed by atoms with Crippen LogP contribution in [0.2, 0.25) is 0 Å². The summed E-state index contributed by atoms with van der Waals surface area (Å²) >= 11 is 3.32. The molecule has 0 aliphatic rings. The summed E-state index contributed by atoms with van der Waals surface area (Å²) in [4.78, 5) is 11.3. The lowest BCUT2D eigenvalue weighted by atomic mass is 10.2. The van der Waals surface area contributed by atoms with Crippen molar-refractivity contribution in [2.45, 2.75) is 19.6 Å². The Labute approximate surface area is 121 Å². The first-order valence-corrected chi connectivity index (χ1v) is 8.25. The monoisotopic (exact) mass is 352 g/mol. The molecule has 0 spiro atoms. The standard InChI is InChI=1S/C11H17BrN2O4S/c1-7(11(15)18-4)5-19(16,17)6-9-10(12)8(2)13-14(9)3/h7H,5-6H2,1-4H3. The van der Waals surface area contributed by atoms with E-state index < -0.39 is 21.7 Å². The maximum atomic E-state index is 12.1. The Kier molecular flexibility index (Phi) is 5.14. The predicted molar refractivity (Wildman–Crippen MR) is 74.3 cm³/mol. The number of methoxy groups -OCH3 is 1. The number of hydrogen-bond acceptors (Lipinski definition) is 5. The molecule has 1 aromatic rings. The highest BCUT2D eigenvalue weighted by atomic mass is 79.9. The van der Waals surface area contributed by atoms with Crippen molar-refractivity contribution in [3.63, 3.8) is 0 Å². The minimum Gasteiger partial charge on any atom is -0.469 e. The quantitative estimate of drug-likeness (QED) is 0.744. The fourth-order valence-corrected chi connectivity index (χ4v) is 4.18. The van der Waals surface area contributed by atoms with Gasteiger partial charge in [0.15, 0.2) is 9.84 Å². The van der Waals surface area contributed by atoms with Gasteiger partial charge < -0.3 is 4.74 Å². The van der Waals surface area contributed by atoms with Gasteiger partial charge in [0, 0.05) is 7.05 Å². The highest BCUT2D eigenvalue weighted by molar-refractivity contribution is 9.10. The third-order valence-corrected chi connectivity index (χ3v) is 5.48. The zero-order valence-corrected chi connectivity index (χ0v) is 13.7. The first-order chi connectivity index (χ1) is 8.68. The minimum absolute atomic E-state index is 0.160. The van der Waals surface area contributed by atoms with E-state index in [-0.39, 0.29) is 11.5 Å². The van der Waals surface area contributed by atoms with Crippen LogP contribution >= 0.6 is 15.9 Å². The summed E-state index contributed by atoms with van der Waals surface area (Å²) in [5.41, 5.74) is 1.31. The van der Waals surface area contributed by atoms with Crippen LogP contribution in [0.25, 0.3) is 0 Å². The smallest absolute Gasteiger partial charge is 0.309 e. The molecule has 0 aliphatic heterocycles. The van der Waals surface area contributed by atoms with E-state index in [1.165, 1.54) is 18.7 Å². The second-order valence-electron chi connectivity index (χ2n) is 4.45. The number of sulfone groups is 1. The molecule has 1 aromatic heterocycles. The number of rotatable bonds is 5. The van der Waals surface area contributed by atoms with Crippen LogP contribution in [0.4, 0.5) is 0 Å². The molecule has 0 fully saturated rings. The molecule has 1 atom stereocenters. The van der Waals surface area contributed by atoms with Crippen molar-refractivity contribution in [2.24, 2.45) is 13.0 Å². The first-order valence-electron chi connectivity index (χ1n) is 5.64. The fourth-order valence-electron chi connectivity index (χ4n) is 1.75. The van der Waals surface area contributed by atoms with E-state index in [0.29, 0.717) is 10.2 Å². The summed E-state index contributed by atoms with van der Waals surface area (Å²) in [5, 5.41) is 4.14. The van der Waals surface area contributed by atoms with Gasteiger partial charge in [-0.1, -0.05) is 6.92 Å². The van der Waals surface area contributed by atoms with Crippen LogP contribution in [0.3, 0.4) is 0 Å². The van der Waals surface area contributed by atoms with Crippen molar-refractivity contribution >= 4 is 31.7 Å². The molecular formula is C11H17BrN2O4S. The Hall–Kier alpha value is -0.890. The molecule has 0 bridgehead atoms. The molecule has 0 amide bonds. The molecular weight excluding hydrogens is 336 g/mol. The number of hydrogen-bond donors (Lipinski definition) is 0. The number of nitrogens with zero attached hydrogens (tertiary/aromatic N) is 2. The molecule has 0 N–H and O–H groups in total. The van der Waals surface area contributed by atoms with Crippen molar-refractivity contribution in [1.82, 2.24) is 9.78 Å². The minimum atomic E-state index is -3.41. The Balaban J connectivity index is 2.89. The molecule has 19 heavy (non-hydrogen) atoms.